The Balaban J connectivity index is 1.69. The third kappa shape index (κ3) is 5.44. The molecular formula is C21H32N2O5. The number of fused-ring (bicyclic) bond motifs is 1. The fraction of sp³-hybridized carbons (Fsp3) is 0.667. The van der Waals surface area contributed by atoms with Crippen molar-refractivity contribution in [3.05, 3.63) is 29.8 Å². The number of benzene rings is 1. The number of methoxy groups -OCH3 is 1. The van der Waals surface area contributed by atoms with Crippen LogP contribution in [0.2, 0.25) is 0 Å². The highest BCUT2D eigenvalue weighted by molar-refractivity contribution is 5.76. The zero-order chi connectivity index (χ0) is 20.1. The van der Waals surface area contributed by atoms with Crippen LogP contribution >= 0.6 is 0 Å². The molecular weight excluding hydrogens is 360 g/mol. The largest absolute Gasteiger partial charge is 0.497 e. The lowest BCUT2D eigenvalue weighted by molar-refractivity contribution is -0.160. The van der Waals surface area contributed by atoms with Crippen LogP contribution in [0.4, 0.5) is 0 Å². The van der Waals surface area contributed by atoms with Crippen LogP contribution < -0.4 is 4.74 Å². The summed E-state index contributed by atoms with van der Waals surface area (Å²) < 4.78 is 17.2. The summed E-state index contributed by atoms with van der Waals surface area (Å²) in [7, 11) is 5.20. The number of hydrogen-bond donors (Lipinski definition) is 1. The second-order valence-corrected chi connectivity index (χ2v) is 7.90. The van der Waals surface area contributed by atoms with Gasteiger partial charge in [-0.25, -0.2) is 0 Å². The van der Waals surface area contributed by atoms with Gasteiger partial charge in [-0.15, -0.1) is 0 Å². The highest BCUT2D eigenvalue weighted by atomic mass is 16.5. The summed E-state index contributed by atoms with van der Waals surface area (Å²) in [5.74, 6) is 0.915. The van der Waals surface area contributed by atoms with Crippen molar-refractivity contribution in [1.82, 2.24) is 9.80 Å². The van der Waals surface area contributed by atoms with Crippen LogP contribution in [0.5, 0.6) is 5.75 Å². The maximum atomic E-state index is 12.1. The van der Waals surface area contributed by atoms with Gasteiger partial charge in [0, 0.05) is 33.2 Å². The maximum absolute atomic E-state index is 12.1. The van der Waals surface area contributed by atoms with Crippen molar-refractivity contribution in [3.63, 3.8) is 0 Å². The molecule has 1 aromatic carbocycles. The van der Waals surface area contributed by atoms with Crippen molar-refractivity contribution in [2.24, 2.45) is 0 Å². The van der Waals surface area contributed by atoms with Gasteiger partial charge in [0.1, 0.15) is 5.75 Å². The second kappa shape index (κ2) is 9.69. The van der Waals surface area contributed by atoms with Crippen LogP contribution in [0, 0.1) is 0 Å². The normalized spacial score (nSPS) is 28.7. The SMILES string of the molecule is COc1ccc(CN2C[C@@H](O)COC[C@@H]3O[C@H](CC(=O)N(C)C)CC[C@H]32)cc1. The van der Waals surface area contributed by atoms with E-state index in [0.717, 1.165) is 30.7 Å². The molecule has 1 aromatic rings. The highest BCUT2D eigenvalue weighted by Gasteiger charge is 2.38. The molecule has 1 amide bonds. The summed E-state index contributed by atoms with van der Waals surface area (Å²) in [6.07, 6.45) is 1.45. The molecule has 2 saturated heterocycles. The van der Waals surface area contributed by atoms with E-state index in [1.807, 2.05) is 12.1 Å². The summed E-state index contributed by atoms with van der Waals surface area (Å²) >= 11 is 0. The van der Waals surface area contributed by atoms with Gasteiger partial charge in [0.2, 0.25) is 5.91 Å². The lowest BCUT2D eigenvalue weighted by Crippen LogP contribution is -2.55. The molecule has 0 aromatic heterocycles. The Morgan fingerprint density at radius 3 is 2.68 bits per heavy atom. The molecule has 7 nitrogen and oxygen atoms in total. The number of aliphatic hydroxyl groups is 1. The van der Waals surface area contributed by atoms with E-state index in [1.165, 1.54) is 0 Å². The van der Waals surface area contributed by atoms with E-state index in [2.05, 4.69) is 17.0 Å². The number of nitrogens with zero attached hydrogens (tertiary/aromatic N) is 2. The first-order valence-corrected chi connectivity index (χ1v) is 9.94. The predicted octanol–water partition coefficient (Wildman–Crippen LogP) is 1.28. The van der Waals surface area contributed by atoms with Gasteiger partial charge in [0.25, 0.3) is 0 Å². The lowest BCUT2D eigenvalue weighted by atomic mass is 9.94. The molecule has 2 aliphatic rings. The van der Waals surface area contributed by atoms with Gasteiger partial charge in [-0.05, 0) is 30.5 Å². The van der Waals surface area contributed by atoms with Crippen molar-refractivity contribution >= 4 is 5.91 Å². The Kier molecular flexibility index (Phi) is 7.29. The minimum Gasteiger partial charge on any atom is -0.497 e. The average molecular weight is 392 g/mol. The number of aliphatic hydroxyl groups excluding tert-OH is 1. The van der Waals surface area contributed by atoms with E-state index >= 15 is 0 Å². The number of carbonyl (C=O) groups is 1. The van der Waals surface area contributed by atoms with Crippen LogP contribution in [0.1, 0.15) is 24.8 Å². The molecule has 156 valence electrons. The monoisotopic (exact) mass is 392 g/mol. The Hall–Kier alpha value is -1.67. The standard InChI is InChI=1S/C21H32N2O5/c1-22(2)21(25)10-18-8-9-19-20(28-18)14-27-13-16(24)12-23(19)11-15-4-6-17(26-3)7-5-15/h4-7,16,18-20,24H,8-14H2,1-3H3/t16-,18+,19-,20+/m1/s1. The fourth-order valence-corrected chi connectivity index (χ4v) is 3.97. The number of ether oxygens (including phenoxy) is 3. The van der Waals surface area contributed by atoms with E-state index < -0.39 is 6.10 Å². The van der Waals surface area contributed by atoms with Gasteiger partial charge in [-0.1, -0.05) is 12.1 Å². The molecule has 7 heteroatoms. The summed E-state index contributed by atoms with van der Waals surface area (Å²) in [4.78, 5) is 16.0. The smallest absolute Gasteiger partial charge is 0.224 e. The predicted molar refractivity (Wildman–Crippen MR) is 105 cm³/mol. The molecule has 0 aliphatic carbocycles. The summed E-state index contributed by atoms with van der Waals surface area (Å²) in [5.41, 5.74) is 1.16. The molecule has 2 aliphatic heterocycles. The van der Waals surface area contributed by atoms with Gasteiger partial charge in [0.05, 0.1) is 45.1 Å². The number of hydrogen-bond acceptors (Lipinski definition) is 6. The molecule has 0 radical (unpaired) electrons. The minimum atomic E-state index is -0.521. The van der Waals surface area contributed by atoms with Crippen molar-refractivity contribution < 1.29 is 24.1 Å². The van der Waals surface area contributed by atoms with Gasteiger partial charge < -0.3 is 24.2 Å². The number of rotatable bonds is 5. The molecule has 1 N–H and O–H groups in total. The third-order valence-electron chi connectivity index (χ3n) is 5.53. The first kappa shape index (κ1) is 21.0. The van der Waals surface area contributed by atoms with Crippen molar-refractivity contribution in [1.29, 1.82) is 0 Å². The Morgan fingerprint density at radius 1 is 1.25 bits per heavy atom. The number of carbonyl (C=O) groups excluding carboxylic acids is 1. The van der Waals surface area contributed by atoms with E-state index in [9.17, 15) is 9.90 Å². The zero-order valence-corrected chi connectivity index (χ0v) is 17.0. The fourth-order valence-electron chi connectivity index (χ4n) is 3.97. The summed E-state index contributed by atoms with van der Waals surface area (Å²) in [6, 6.07) is 8.17. The number of amides is 1. The molecule has 2 heterocycles. The molecule has 3 rings (SSSR count). The molecule has 0 bridgehead atoms. The molecule has 0 spiro atoms. The summed E-state index contributed by atoms with van der Waals surface area (Å²) in [5, 5.41) is 10.3. The molecule has 28 heavy (non-hydrogen) atoms. The van der Waals surface area contributed by atoms with Crippen molar-refractivity contribution in [2.45, 2.75) is 50.2 Å². The van der Waals surface area contributed by atoms with Crippen LogP contribution in [0.25, 0.3) is 0 Å². The van der Waals surface area contributed by atoms with Crippen LogP contribution in [-0.2, 0) is 20.8 Å². The second-order valence-electron chi connectivity index (χ2n) is 7.90. The van der Waals surface area contributed by atoms with E-state index in [4.69, 9.17) is 14.2 Å². The number of β-amino-alcohol motifs (C(OH)–C–C–N with tert-alkyl or cyclic N) is 1. The quantitative estimate of drug-likeness (QED) is 0.814. The molecule has 0 unspecified atom stereocenters. The molecule has 2 fully saturated rings. The topological polar surface area (TPSA) is 71.5 Å². The van der Waals surface area contributed by atoms with Crippen LogP contribution in [-0.4, -0.2) is 86.1 Å². The highest BCUT2D eigenvalue weighted by Crippen LogP contribution is 2.29. The van der Waals surface area contributed by atoms with Crippen molar-refractivity contribution in [3.8, 4) is 5.75 Å². The zero-order valence-electron chi connectivity index (χ0n) is 17.0. The van der Waals surface area contributed by atoms with E-state index in [-0.39, 0.29) is 24.2 Å². The Bertz CT molecular complexity index is 636. The summed E-state index contributed by atoms with van der Waals surface area (Å²) in [6.45, 7) is 2.01. The van der Waals surface area contributed by atoms with E-state index in [0.29, 0.717) is 26.2 Å². The third-order valence-corrected chi connectivity index (χ3v) is 5.53. The van der Waals surface area contributed by atoms with E-state index in [1.54, 1.807) is 26.1 Å². The first-order chi connectivity index (χ1) is 13.5. The van der Waals surface area contributed by atoms with Gasteiger partial charge in [-0.2, -0.15) is 0 Å². The maximum Gasteiger partial charge on any atom is 0.224 e. The van der Waals surface area contributed by atoms with Gasteiger partial charge in [-0.3, -0.25) is 9.69 Å². The average Bonchev–Trinajstić information content (AvgIpc) is 2.67. The lowest BCUT2D eigenvalue weighted by Gasteiger charge is -2.44. The van der Waals surface area contributed by atoms with Crippen molar-refractivity contribution in [2.75, 3.05) is 41.0 Å². The van der Waals surface area contributed by atoms with Gasteiger partial charge >= 0.3 is 0 Å². The first-order valence-electron chi connectivity index (χ1n) is 9.94. The van der Waals surface area contributed by atoms with Crippen LogP contribution in [0.3, 0.4) is 0 Å². The van der Waals surface area contributed by atoms with Gasteiger partial charge in [0.15, 0.2) is 0 Å². The molecule has 0 saturated carbocycles. The minimum absolute atomic E-state index is 0.0769. The Morgan fingerprint density at radius 2 is 2.00 bits per heavy atom. The van der Waals surface area contributed by atoms with Crippen LogP contribution in [0.15, 0.2) is 24.3 Å². The molecule has 4 atom stereocenters. The Labute approximate surface area is 167 Å².